The monoisotopic (exact) mass is 1350 g/mol. The number of para-hydroxylation sites is 5. The summed E-state index contributed by atoms with van der Waals surface area (Å²) in [5.74, 6) is 1.67. The third-order valence-electron chi connectivity index (χ3n) is 21.5. The second kappa shape index (κ2) is 23.5. The molecule has 0 bridgehead atoms. The van der Waals surface area contributed by atoms with Gasteiger partial charge in [0, 0.05) is 76.0 Å². The molecule has 0 aliphatic heterocycles. The van der Waals surface area contributed by atoms with E-state index in [-0.39, 0.29) is 0 Å². The highest BCUT2D eigenvalue weighted by Gasteiger charge is 2.25. The Morgan fingerprint density at radius 2 is 0.462 bits per heavy atom. The third-order valence-corrected chi connectivity index (χ3v) is 21.5. The van der Waals surface area contributed by atoms with Crippen molar-refractivity contribution in [3.05, 3.63) is 352 Å². The van der Waals surface area contributed by atoms with Crippen molar-refractivity contribution in [1.29, 1.82) is 0 Å². The van der Waals surface area contributed by atoms with Crippen molar-refractivity contribution in [3.8, 4) is 56.9 Å². The number of hydrogen-bond acceptors (Lipinski definition) is 6. The van der Waals surface area contributed by atoms with E-state index in [1.165, 1.54) is 97.8 Å². The van der Waals surface area contributed by atoms with Crippen LogP contribution in [0, 0.1) is 0 Å². The van der Waals surface area contributed by atoms with Crippen LogP contribution in [0.1, 0.15) is 0 Å². The molecule has 0 N–H and O–H groups in total. The van der Waals surface area contributed by atoms with Gasteiger partial charge in [0.05, 0.1) is 90.0 Å². The number of nitrogens with zero attached hydrogens (tertiary/aromatic N) is 10. The van der Waals surface area contributed by atoms with Crippen molar-refractivity contribution >= 4 is 152 Å². The minimum Gasteiger partial charge on any atom is -0.309 e. The summed E-state index contributed by atoms with van der Waals surface area (Å²) in [4.78, 5) is 31.1. The van der Waals surface area contributed by atoms with Gasteiger partial charge >= 0.3 is 0 Å². The molecule has 0 atom stereocenters. The number of aromatic nitrogens is 10. The molecule has 15 aromatic carbocycles. The van der Waals surface area contributed by atoms with E-state index in [0.29, 0.717) is 0 Å². The maximum absolute atomic E-state index is 5.32. The van der Waals surface area contributed by atoms with Gasteiger partial charge in [0.2, 0.25) is 0 Å². The number of fused-ring (bicyclic) bond motifs is 26. The summed E-state index contributed by atoms with van der Waals surface area (Å²) < 4.78 is 9.36. The molecule has 23 rings (SSSR count). The maximum Gasteiger partial charge on any atom is 0.138 e. The Kier molecular flexibility index (Phi) is 13.2. The molecule has 0 spiro atoms. The minimum absolute atomic E-state index is 0.740. The van der Waals surface area contributed by atoms with Gasteiger partial charge in [-0.15, -0.1) is 0 Å². The smallest absolute Gasteiger partial charge is 0.138 e. The molecule has 0 aliphatic carbocycles. The zero-order valence-electron chi connectivity index (χ0n) is 57.0. The topological polar surface area (TPSA) is 97.1 Å². The molecule has 0 saturated heterocycles. The fourth-order valence-electron chi connectivity index (χ4n) is 17.0. The van der Waals surface area contributed by atoms with Gasteiger partial charge in [0.25, 0.3) is 0 Å². The summed E-state index contributed by atoms with van der Waals surface area (Å²) >= 11 is 0. The van der Waals surface area contributed by atoms with Crippen LogP contribution in [0.2, 0.25) is 0 Å². The second-order valence-electron chi connectivity index (χ2n) is 27.2. The number of rotatable bonds is 7. The van der Waals surface area contributed by atoms with E-state index >= 15 is 0 Å². The Bertz CT molecular complexity index is 7510. The van der Waals surface area contributed by atoms with E-state index in [1.54, 1.807) is 0 Å². The molecule has 8 aromatic heterocycles. The first-order chi connectivity index (χ1) is 52.6. The molecule has 0 unspecified atom stereocenters. The zero-order chi connectivity index (χ0) is 69.5. The van der Waals surface area contributed by atoms with Crippen LogP contribution in [0.5, 0.6) is 0 Å². The normalized spacial score (nSPS) is 12.0. The van der Waals surface area contributed by atoms with Gasteiger partial charge in [-0.2, -0.15) is 0 Å². The van der Waals surface area contributed by atoms with Gasteiger partial charge in [-0.1, -0.05) is 243 Å². The predicted molar refractivity (Wildman–Crippen MR) is 438 cm³/mol. The van der Waals surface area contributed by atoms with Gasteiger partial charge in [-0.3, -0.25) is 19.1 Å². The van der Waals surface area contributed by atoms with Gasteiger partial charge in [0.15, 0.2) is 0 Å². The van der Waals surface area contributed by atoms with Gasteiger partial charge in [-0.25, -0.2) is 19.9 Å². The fraction of sp³-hybridized carbons (Fsp3) is 0. The molecule has 0 saturated carbocycles. The SMILES string of the molecule is c1ccc(-c2ccc(-n3c4ccccc4c4c5c6ccccc6n(-c6cccc(-c7cnc8c9ccccc9c9ccccc9c8n7)n6)c5ccc43)cc2)cc1.c1ccc(-n2c3ccccc3c3c4c5ccccc5n(-c5cccc(-c6cnc7c8ccccc8c8ccccc8c7n6)n5)c4ccc32)cc1. The summed E-state index contributed by atoms with van der Waals surface area (Å²) in [6.07, 6.45) is 3.73. The summed E-state index contributed by atoms with van der Waals surface area (Å²) in [5.41, 5.74) is 20.4. The zero-order valence-corrected chi connectivity index (χ0v) is 57.0. The van der Waals surface area contributed by atoms with Crippen LogP contribution in [0.15, 0.2) is 352 Å². The Morgan fingerprint density at radius 3 is 0.849 bits per heavy atom. The molecule has 8 heterocycles. The Balaban J connectivity index is 0.000000133. The molecule has 106 heavy (non-hydrogen) atoms. The first kappa shape index (κ1) is 59.2. The first-order valence-electron chi connectivity index (χ1n) is 35.8. The van der Waals surface area contributed by atoms with Crippen LogP contribution in [0.25, 0.3) is 209 Å². The highest BCUT2D eigenvalue weighted by atomic mass is 15.1. The molecule has 492 valence electrons. The third kappa shape index (κ3) is 8.98. The Morgan fingerprint density at radius 1 is 0.170 bits per heavy atom. The van der Waals surface area contributed by atoms with E-state index in [9.17, 15) is 0 Å². The van der Waals surface area contributed by atoms with Crippen molar-refractivity contribution < 1.29 is 0 Å². The lowest BCUT2D eigenvalue weighted by Crippen LogP contribution is -2.00. The van der Waals surface area contributed by atoms with E-state index in [2.05, 4.69) is 346 Å². The molecule has 0 amide bonds. The van der Waals surface area contributed by atoms with Gasteiger partial charge in [0.1, 0.15) is 23.0 Å². The van der Waals surface area contributed by atoms with Crippen LogP contribution in [0.4, 0.5) is 0 Å². The average Bonchev–Trinajstić information content (AvgIpc) is 1.55. The molecule has 0 radical (unpaired) electrons. The van der Waals surface area contributed by atoms with Crippen molar-refractivity contribution in [3.63, 3.8) is 0 Å². The molecular formula is C96H58N10. The van der Waals surface area contributed by atoms with Gasteiger partial charge in [-0.05, 0) is 130 Å². The maximum atomic E-state index is 5.32. The molecule has 10 nitrogen and oxygen atoms in total. The largest absolute Gasteiger partial charge is 0.309 e. The molecule has 23 aromatic rings. The minimum atomic E-state index is 0.740. The molecule has 0 fully saturated rings. The van der Waals surface area contributed by atoms with Gasteiger partial charge < -0.3 is 9.13 Å². The quantitative estimate of drug-likeness (QED) is 0.148. The fourth-order valence-corrected chi connectivity index (χ4v) is 17.0. The summed E-state index contributed by atoms with van der Waals surface area (Å²) in [5, 5.41) is 18.8. The van der Waals surface area contributed by atoms with Crippen LogP contribution in [0.3, 0.4) is 0 Å². The standard InChI is InChI=1S/C51H31N5.C45H27N5/c1-2-13-32(14-3-1)33-25-27-34(28-26-33)55-43-22-10-8-19-39(43)48-45(55)29-30-46-49(48)40-20-9-11-23-44(40)56(46)47-24-12-21-41(53-47)42-31-52-50-37-17-6-4-15-35(37)36-16-5-7-18-38(36)51(50)54-42;1-2-13-28(14-3-1)49-37-22-10-8-19-33(37)42-39(49)25-26-40-43(42)34-20-9-11-23-38(34)50(40)41-24-12-21-35(47-41)36-27-46-44-31-17-6-4-15-29(31)30-16-5-7-18-32(30)45(44)48-36/h1-31H;1-27H. The average molecular weight is 1350 g/mol. The number of hydrogen-bond donors (Lipinski definition) is 0. The molecule has 10 heteroatoms. The first-order valence-corrected chi connectivity index (χ1v) is 35.8. The second-order valence-corrected chi connectivity index (χ2v) is 27.2. The highest BCUT2D eigenvalue weighted by Crippen LogP contribution is 2.46. The van der Waals surface area contributed by atoms with Crippen molar-refractivity contribution in [2.75, 3.05) is 0 Å². The Hall–Kier alpha value is -14.5. The van der Waals surface area contributed by atoms with E-state index in [1.807, 2.05) is 24.5 Å². The number of benzene rings is 15. The van der Waals surface area contributed by atoms with Crippen LogP contribution in [-0.2, 0) is 0 Å². The lowest BCUT2D eigenvalue weighted by molar-refractivity contribution is 1.08. The van der Waals surface area contributed by atoms with Crippen LogP contribution >= 0.6 is 0 Å². The lowest BCUT2D eigenvalue weighted by atomic mass is 9.99. The Labute approximate surface area is 605 Å². The van der Waals surface area contributed by atoms with Crippen molar-refractivity contribution in [1.82, 2.24) is 48.2 Å². The van der Waals surface area contributed by atoms with Crippen LogP contribution in [-0.4, -0.2) is 48.2 Å². The molecular weight excluding hydrogens is 1290 g/mol. The van der Waals surface area contributed by atoms with E-state index in [0.717, 1.165) is 111 Å². The number of pyridine rings is 2. The van der Waals surface area contributed by atoms with Crippen molar-refractivity contribution in [2.45, 2.75) is 0 Å². The molecule has 0 aliphatic rings. The van der Waals surface area contributed by atoms with E-state index in [4.69, 9.17) is 29.9 Å². The van der Waals surface area contributed by atoms with Crippen molar-refractivity contribution in [2.24, 2.45) is 0 Å². The summed E-state index contributed by atoms with van der Waals surface area (Å²) in [7, 11) is 0. The predicted octanol–water partition coefficient (Wildman–Crippen LogP) is 24.1. The highest BCUT2D eigenvalue weighted by molar-refractivity contribution is 6.31. The lowest BCUT2D eigenvalue weighted by Gasteiger charge is -2.12. The van der Waals surface area contributed by atoms with E-state index < -0.39 is 0 Å². The summed E-state index contributed by atoms with van der Waals surface area (Å²) in [6, 6.07) is 120. The van der Waals surface area contributed by atoms with Crippen LogP contribution < -0.4 is 0 Å². The summed E-state index contributed by atoms with van der Waals surface area (Å²) in [6.45, 7) is 0.